The van der Waals surface area contributed by atoms with Gasteiger partial charge in [0.2, 0.25) is 0 Å². The number of aryl methyl sites for hydroxylation is 1. The average molecular weight is 339 g/mol. The molecule has 0 fully saturated rings. The van der Waals surface area contributed by atoms with Crippen LogP contribution >= 0.6 is 15.9 Å². The summed E-state index contributed by atoms with van der Waals surface area (Å²) in [6.45, 7) is 3.99. The summed E-state index contributed by atoms with van der Waals surface area (Å²) in [6, 6.07) is 10.4. The van der Waals surface area contributed by atoms with Crippen LogP contribution in [0.5, 0.6) is 5.75 Å². The highest BCUT2D eigenvalue weighted by Crippen LogP contribution is 2.27. The molecule has 106 valence electrons. The van der Waals surface area contributed by atoms with Crippen molar-refractivity contribution in [2.45, 2.75) is 26.6 Å². The van der Waals surface area contributed by atoms with Gasteiger partial charge in [-0.15, -0.1) is 0 Å². The van der Waals surface area contributed by atoms with Gasteiger partial charge in [-0.2, -0.15) is 0 Å². The maximum atomic E-state index is 13.2. The third kappa shape index (κ3) is 3.58. The van der Waals surface area contributed by atoms with Gasteiger partial charge in [0.05, 0.1) is 10.6 Å². The largest absolute Gasteiger partial charge is 0.489 e. The van der Waals surface area contributed by atoms with Crippen LogP contribution in [0.3, 0.4) is 0 Å². The maximum Gasteiger partial charge on any atom is 0.137 e. The average Bonchev–Trinajstić information content (AvgIpc) is 2.41. The number of aliphatic hydroxyl groups is 1. The Kier molecular flexibility index (Phi) is 4.78. The molecule has 0 spiro atoms. The van der Waals surface area contributed by atoms with E-state index in [1.54, 1.807) is 19.1 Å². The first kappa shape index (κ1) is 15.0. The second kappa shape index (κ2) is 6.37. The minimum atomic E-state index is -0.593. The smallest absolute Gasteiger partial charge is 0.137 e. The van der Waals surface area contributed by atoms with Crippen LogP contribution in [0.2, 0.25) is 0 Å². The molecule has 0 amide bonds. The van der Waals surface area contributed by atoms with Crippen LogP contribution in [-0.2, 0) is 6.61 Å². The molecule has 0 saturated carbocycles. The zero-order valence-corrected chi connectivity index (χ0v) is 12.9. The molecular formula is C16H16BrFO2. The number of halogens is 2. The second-order valence-electron chi connectivity index (χ2n) is 4.75. The van der Waals surface area contributed by atoms with Gasteiger partial charge in [-0.3, -0.25) is 0 Å². The molecule has 0 bridgehead atoms. The van der Waals surface area contributed by atoms with Crippen molar-refractivity contribution in [3.8, 4) is 5.75 Å². The Labute approximate surface area is 126 Å². The van der Waals surface area contributed by atoms with E-state index in [1.165, 1.54) is 6.07 Å². The van der Waals surface area contributed by atoms with Gasteiger partial charge in [0, 0.05) is 5.56 Å². The van der Waals surface area contributed by atoms with Gasteiger partial charge in [-0.05, 0) is 59.6 Å². The summed E-state index contributed by atoms with van der Waals surface area (Å²) in [7, 11) is 0. The van der Waals surface area contributed by atoms with Crippen molar-refractivity contribution in [3.63, 3.8) is 0 Å². The van der Waals surface area contributed by atoms with Gasteiger partial charge < -0.3 is 9.84 Å². The zero-order valence-electron chi connectivity index (χ0n) is 11.4. The topological polar surface area (TPSA) is 29.5 Å². The third-order valence-electron chi connectivity index (χ3n) is 2.99. The molecule has 0 aliphatic rings. The Morgan fingerprint density at radius 3 is 2.65 bits per heavy atom. The standard InChI is InChI=1S/C16H16BrFO2/c1-10-3-6-16(13(7-10)11(2)19)20-9-12-4-5-15(18)14(17)8-12/h3-8,11,19H,9H2,1-2H3/t11-/m0/s1. The van der Waals surface area contributed by atoms with Crippen molar-refractivity contribution in [1.82, 2.24) is 0 Å². The van der Waals surface area contributed by atoms with E-state index in [1.807, 2.05) is 25.1 Å². The van der Waals surface area contributed by atoms with Crippen LogP contribution < -0.4 is 4.74 Å². The Balaban J connectivity index is 2.16. The molecule has 2 aromatic rings. The fourth-order valence-electron chi connectivity index (χ4n) is 1.92. The molecule has 2 rings (SSSR count). The summed E-state index contributed by atoms with van der Waals surface area (Å²) in [5, 5.41) is 9.77. The molecule has 0 saturated heterocycles. The molecular weight excluding hydrogens is 323 g/mol. The minimum Gasteiger partial charge on any atom is -0.489 e. The van der Waals surface area contributed by atoms with Crippen LogP contribution in [0.15, 0.2) is 40.9 Å². The summed E-state index contributed by atoms with van der Waals surface area (Å²) in [4.78, 5) is 0. The first-order valence-electron chi connectivity index (χ1n) is 6.32. The summed E-state index contributed by atoms with van der Waals surface area (Å²) in [6.07, 6.45) is -0.593. The molecule has 2 aromatic carbocycles. The second-order valence-corrected chi connectivity index (χ2v) is 5.61. The maximum absolute atomic E-state index is 13.2. The van der Waals surface area contributed by atoms with Crippen LogP contribution in [-0.4, -0.2) is 5.11 Å². The van der Waals surface area contributed by atoms with Gasteiger partial charge in [-0.1, -0.05) is 17.7 Å². The van der Waals surface area contributed by atoms with Gasteiger partial charge in [0.15, 0.2) is 0 Å². The van der Waals surface area contributed by atoms with E-state index in [9.17, 15) is 9.50 Å². The highest BCUT2D eigenvalue weighted by atomic mass is 79.9. The number of rotatable bonds is 4. The fourth-order valence-corrected chi connectivity index (χ4v) is 2.34. The van der Waals surface area contributed by atoms with Crippen molar-refractivity contribution in [3.05, 3.63) is 63.4 Å². The molecule has 0 aliphatic heterocycles. The quantitative estimate of drug-likeness (QED) is 0.887. The zero-order chi connectivity index (χ0) is 14.7. The fraction of sp³-hybridized carbons (Fsp3) is 0.250. The molecule has 0 heterocycles. The molecule has 20 heavy (non-hydrogen) atoms. The Morgan fingerprint density at radius 2 is 2.00 bits per heavy atom. The number of benzene rings is 2. The van der Waals surface area contributed by atoms with Gasteiger partial charge >= 0.3 is 0 Å². The van der Waals surface area contributed by atoms with Crippen molar-refractivity contribution in [2.24, 2.45) is 0 Å². The van der Waals surface area contributed by atoms with Crippen molar-refractivity contribution >= 4 is 15.9 Å². The predicted octanol–water partition coefficient (Wildman–Crippen LogP) is 4.53. The predicted molar refractivity (Wildman–Crippen MR) is 80.2 cm³/mol. The van der Waals surface area contributed by atoms with Gasteiger partial charge in [-0.25, -0.2) is 4.39 Å². The van der Waals surface area contributed by atoms with Crippen molar-refractivity contribution in [1.29, 1.82) is 0 Å². The highest BCUT2D eigenvalue weighted by Gasteiger charge is 2.10. The van der Waals surface area contributed by atoms with Crippen molar-refractivity contribution in [2.75, 3.05) is 0 Å². The first-order chi connectivity index (χ1) is 9.47. The molecule has 4 heteroatoms. The van der Waals surface area contributed by atoms with E-state index < -0.39 is 6.10 Å². The Morgan fingerprint density at radius 1 is 1.25 bits per heavy atom. The monoisotopic (exact) mass is 338 g/mol. The lowest BCUT2D eigenvalue weighted by atomic mass is 10.1. The number of ether oxygens (including phenoxy) is 1. The Hall–Kier alpha value is -1.39. The van der Waals surface area contributed by atoms with Crippen LogP contribution in [0.4, 0.5) is 4.39 Å². The molecule has 2 nitrogen and oxygen atoms in total. The van der Waals surface area contributed by atoms with Crippen LogP contribution in [0.25, 0.3) is 0 Å². The summed E-state index contributed by atoms with van der Waals surface area (Å²) < 4.78 is 19.3. The van der Waals surface area contributed by atoms with Gasteiger partial charge in [0.1, 0.15) is 18.2 Å². The molecule has 1 atom stereocenters. The summed E-state index contributed by atoms with van der Waals surface area (Å²) in [5.41, 5.74) is 2.68. The first-order valence-corrected chi connectivity index (χ1v) is 7.12. The summed E-state index contributed by atoms with van der Waals surface area (Å²) in [5.74, 6) is 0.347. The van der Waals surface area contributed by atoms with E-state index in [2.05, 4.69) is 15.9 Å². The lowest BCUT2D eigenvalue weighted by Crippen LogP contribution is -2.01. The van der Waals surface area contributed by atoms with Gasteiger partial charge in [0.25, 0.3) is 0 Å². The lowest BCUT2D eigenvalue weighted by molar-refractivity contribution is 0.190. The van der Waals surface area contributed by atoms with Crippen LogP contribution in [0, 0.1) is 12.7 Å². The van der Waals surface area contributed by atoms with Crippen molar-refractivity contribution < 1.29 is 14.2 Å². The SMILES string of the molecule is Cc1ccc(OCc2ccc(F)c(Br)c2)c([C@H](C)O)c1. The lowest BCUT2D eigenvalue weighted by Gasteiger charge is -2.14. The summed E-state index contributed by atoms with van der Waals surface area (Å²) >= 11 is 3.15. The minimum absolute atomic E-state index is 0.297. The molecule has 1 N–H and O–H groups in total. The molecule has 0 aliphatic carbocycles. The normalized spacial score (nSPS) is 12.2. The molecule has 0 unspecified atom stereocenters. The molecule has 0 radical (unpaired) electrons. The Bertz CT molecular complexity index is 611. The van der Waals surface area contributed by atoms with E-state index in [0.717, 1.165) is 16.7 Å². The van der Waals surface area contributed by atoms with E-state index >= 15 is 0 Å². The van der Waals surface area contributed by atoms with E-state index in [0.29, 0.717) is 16.8 Å². The number of hydrogen-bond acceptors (Lipinski definition) is 2. The third-order valence-corrected chi connectivity index (χ3v) is 3.60. The van der Waals surface area contributed by atoms with E-state index in [4.69, 9.17) is 4.74 Å². The molecule has 0 aromatic heterocycles. The van der Waals surface area contributed by atoms with Crippen LogP contribution in [0.1, 0.15) is 29.7 Å². The number of hydrogen-bond donors (Lipinski definition) is 1. The van der Waals surface area contributed by atoms with E-state index in [-0.39, 0.29) is 5.82 Å². The number of aliphatic hydroxyl groups excluding tert-OH is 1. The highest BCUT2D eigenvalue weighted by molar-refractivity contribution is 9.10.